The SMILES string of the molecule is COc1ccc(C(=O)C2CCCC2)c(N2CCC(COc3cc([C@H](C4CC4)[C@H](C)C(=O)O)ccn3)CC2)c1. The molecule has 1 aliphatic heterocycles. The van der Waals surface area contributed by atoms with Gasteiger partial charge in [-0.25, -0.2) is 4.98 Å². The van der Waals surface area contributed by atoms with Gasteiger partial charge in [0.25, 0.3) is 0 Å². The Bertz CT molecular complexity index is 1130. The molecule has 0 amide bonds. The molecule has 2 aliphatic carbocycles. The first-order valence-corrected chi connectivity index (χ1v) is 14.2. The summed E-state index contributed by atoms with van der Waals surface area (Å²) in [5.74, 6) is 1.43. The Morgan fingerprint density at radius 2 is 1.79 bits per heavy atom. The molecule has 1 N–H and O–H groups in total. The van der Waals surface area contributed by atoms with Crippen LogP contribution in [-0.2, 0) is 4.79 Å². The summed E-state index contributed by atoms with van der Waals surface area (Å²) in [7, 11) is 1.67. The van der Waals surface area contributed by atoms with E-state index in [2.05, 4.69) is 9.88 Å². The Labute approximate surface area is 225 Å². The van der Waals surface area contributed by atoms with Gasteiger partial charge in [-0.2, -0.15) is 0 Å². The lowest BCUT2D eigenvalue weighted by Gasteiger charge is -2.35. The second-order valence-electron chi connectivity index (χ2n) is 11.4. The van der Waals surface area contributed by atoms with Gasteiger partial charge in [0.2, 0.25) is 5.88 Å². The van der Waals surface area contributed by atoms with Crippen LogP contribution in [0.4, 0.5) is 5.69 Å². The summed E-state index contributed by atoms with van der Waals surface area (Å²) in [6.07, 6.45) is 10.1. The summed E-state index contributed by atoms with van der Waals surface area (Å²) in [5.41, 5.74) is 2.84. The third-order valence-electron chi connectivity index (χ3n) is 8.82. The summed E-state index contributed by atoms with van der Waals surface area (Å²) in [6, 6.07) is 9.74. The van der Waals surface area contributed by atoms with Crippen LogP contribution in [0.3, 0.4) is 0 Å². The van der Waals surface area contributed by atoms with Crippen molar-refractivity contribution in [2.24, 2.45) is 23.7 Å². The van der Waals surface area contributed by atoms with Crippen LogP contribution < -0.4 is 14.4 Å². The van der Waals surface area contributed by atoms with Crippen LogP contribution in [0.2, 0.25) is 0 Å². The van der Waals surface area contributed by atoms with Gasteiger partial charge in [0, 0.05) is 42.9 Å². The first-order chi connectivity index (χ1) is 18.4. The molecule has 7 heteroatoms. The van der Waals surface area contributed by atoms with Crippen LogP contribution in [-0.4, -0.2) is 48.6 Å². The van der Waals surface area contributed by atoms with E-state index in [0.717, 1.165) is 87.0 Å². The fourth-order valence-electron chi connectivity index (χ4n) is 6.35. The molecule has 7 nitrogen and oxygen atoms in total. The quantitative estimate of drug-likeness (QED) is 0.365. The highest BCUT2D eigenvalue weighted by atomic mass is 16.5. The minimum atomic E-state index is -0.753. The van der Waals surface area contributed by atoms with Crippen molar-refractivity contribution in [1.29, 1.82) is 0 Å². The van der Waals surface area contributed by atoms with Crippen molar-refractivity contribution >= 4 is 17.4 Å². The minimum Gasteiger partial charge on any atom is -0.497 e. The Morgan fingerprint density at radius 3 is 2.45 bits per heavy atom. The third kappa shape index (κ3) is 5.97. The number of aromatic nitrogens is 1. The maximum Gasteiger partial charge on any atom is 0.306 e. The van der Waals surface area contributed by atoms with Gasteiger partial charge in [-0.05, 0) is 80.0 Å². The standard InChI is InChI=1S/C31H40N2O5/c1-20(31(35)36)29(22-7-8-22)24-11-14-32-28(17-24)38-19-21-12-15-33(16-13-21)27-18-25(37-2)9-10-26(27)30(34)23-5-3-4-6-23/h9-11,14,17-18,20-23,29H,3-8,12-13,15-16,19H2,1-2H3,(H,35,36)/t20-,29-/m0/s1. The lowest BCUT2D eigenvalue weighted by molar-refractivity contribution is -0.142. The molecule has 1 aromatic carbocycles. The molecule has 0 radical (unpaired) electrons. The first kappa shape index (κ1) is 26.5. The fourth-order valence-corrected chi connectivity index (χ4v) is 6.35. The van der Waals surface area contributed by atoms with Gasteiger partial charge < -0.3 is 19.5 Å². The smallest absolute Gasteiger partial charge is 0.306 e. The second kappa shape index (κ2) is 11.7. The van der Waals surface area contributed by atoms with Gasteiger partial charge in [-0.1, -0.05) is 19.8 Å². The van der Waals surface area contributed by atoms with Crippen molar-refractivity contribution in [3.8, 4) is 11.6 Å². The number of Topliss-reactive ketones (excluding diaryl/α,β-unsaturated/α-hetero) is 1. The fraction of sp³-hybridized carbons (Fsp3) is 0.581. The normalized spacial score (nSPS) is 20.2. The number of carboxylic acid groups (broad SMARTS) is 1. The van der Waals surface area contributed by atoms with E-state index in [4.69, 9.17) is 9.47 Å². The maximum absolute atomic E-state index is 13.3. The lowest BCUT2D eigenvalue weighted by atomic mass is 9.84. The maximum atomic E-state index is 13.3. The minimum absolute atomic E-state index is 0.00471. The number of methoxy groups -OCH3 is 1. The average Bonchev–Trinajstić information content (AvgIpc) is 3.62. The monoisotopic (exact) mass is 520 g/mol. The number of benzene rings is 1. The highest BCUT2D eigenvalue weighted by molar-refractivity contribution is 6.03. The number of pyridine rings is 1. The van der Waals surface area contributed by atoms with Crippen molar-refractivity contribution in [3.05, 3.63) is 47.7 Å². The number of piperidine rings is 1. The number of nitrogens with zero attached hydrogens (tertiary/aromatic N) is 2. The van der Waals surface area contributed by atoms with Crippen molar-refractivity contribution in [1.82, 2.24) is 4.98 Å². The molecule has 2 aromatic rings. The molecule has 1 aromatic heterocycles. The van der Waals surface area contributed by atoms with E-state index in [1.165, 1.54) is 0 Å². The van der Waals surface area contributed by atoms with Crippen molar-refractivity contribution in [2.75, 3.05) is 31.7 Å². The zero-order valence-corrected chi connectivity index (χ0v) is 22.6. The van der Waals surface area contributed by atoms with Crippen molar-refractivity contribution in [2.45, 2.75) is 64.2 Å². The first-order valence-electron chi connectivity index (χ1n) is 14.2. The molecule has 2 saturated carbocycles. The van der Waals surface area contributed by atoms with Crippen molar-refractivity contribution < 1.29 is 24.2 Å². The van der Waals surface area contributed by atoms with Gasteiger partial charge in [-0.3, -0.25) is 9.59 Å². The molecule has 2 heterocycles. The van der Waals surface area contributed by atoms with Gasteiger partial charge >= 0.3 is 5.97 Å². The molecule has 3 aliphatic rings. The number of ether oxygens (including phenoxy) is 2. The predicted octanol–water partition coefficient (Wildman–Crippen LogP) is 5.97. The number of anilines is 1. The molecular formula is C31H40N2O5. The lowest BCUT2D eigenvalue weighted by Crippen LogP contribution is -2.36. The number of carbonyl (C=O) groups excluding carboxylic acids is 1. The number of rotatable bonds is 11. The largest absolute Gasteiger partial charge is 0.497 e. The molecule has 0 bridgehead atoms. The Balaban J connectivity index is 1.20. The van der Waals surface area contributed by atoms with Crippen LogP contribution in [0, 0.1) is 23.7 Å². The van der Waals surface area contributed by atoms with Gasteiger partial charge in [0.15, 0.2) is 5.78 Å². The third-order valence-corrected chi connectivity index (χ3v) is 8.82. The van der Waals surface area contributed by atoms with E-state index >= 15 is 0 Å². The van der Waals surface area contributed by atoms with Crippen LogP contribution in [0.15, 0.2) is 36.5 Å². The molecule has 5 rings (SSSR count). The zero-order chi connectivity index (χ0) is 26.6. The summed E-state index contributed by atoms with van der Waals surface area (Å²) in [5, 5.41) is 9.59. The summed E-state index contributed by atoms with van der Waals surface area (Å²) in [6.45, 7) is 4.10. The molecule has 204 valence electrons. The highest BCUT2D eigenvalue weighted by Crippen LogP contribution is 2.47. The number of hydrogen-bond donors (Lipinski definition) is 1. The average molecular weight is 521 g/mol. The molecule has 2 atom stereocenters. The molecule has 0 spiro atoms. The van der Waals surface area contributed by atoms with E-state index in [1.54, 1.807) is 20.2 Å². The molecule has 3 fully saturated rings. The van der Waals surface area contributed by atoms with E-state index in [9.17, 15) is 14.7 Å². The van der Waals surface area contributed by atoms with Gasteiger partial charge in [0.05, 0.1) is 25.3 Å². The highest BCUT2D eigenvalue weighted by Gasteiger charge is 2.39. The number of carboxylic acids is 1. The number of aliphatic carboxylic acids is 1. The molecule has 0 unspecified atom stereocenters. The van der Waals surface area contributed by atoms with E-state index in [0.29, 0.717) is 24.3 Å². The summed E-state index contributed by atoms with van der Waals surface area (Å²) in [4.78, 5) is 31.7. The second-order valence-corrected chi connectivity index (χ2v) is 11.4. The molecule has 1 saturated heterocycles. The van der Waals surface area contributed by atoms with Crippen LogP contribution in [0.5, 0.6) is 11.6 Å². The Hall–Kier alpha value is -3.09. The zero-order valence-electron chi connectivity index (χ0n) is 22.6. The molecular weight excluding hydrogens is 480 g/mol. The predicted molar refractivity (Wildman–Crippen MR) is 146 cm³/mol. The van der Waals surface area contributed by atoms with Gasteiger partial charge in [-0.15, -0.1) is 0 Å². The van der Waals surface area contributed by atoms with Crippen LogP contribution >= 0.6 is 0 Å². The van der Waals surface area contributed by atoms with E-state index in [-0.39, 0.29) is 17.6 Å². The Kier molecular flexibility index (Phi) is 8.20. The number of ketones is 1. The van der Waals surface area contributed by atoms with Crippen LogP contribution in [0.25, 0.3) is 0 Å². The van der Waals surface area contributed by atoms with E-state index in [1.807, 2.05) is 30.3 Å². The van der Waals surface area contributed by atoms with E-state index < -0.39 is 11.9 Å². The number of hydrogen-bond acceptors (Lipinski definition) is 6. The van der Waals surface area contributed by atoms with Gasteiger partial charge in [0.1, 0.15) is 5.75 Å². The van der Waals surface area contributed by atoms with Crippen LogP contribution in [0.1, 0.15) is 80.1 Å². The van der Waals surface area contributed by atoms with Crippen molar-refractivity contribution in [3.63, 3.8) is 0 Å². The summed E-state index contributed by atoms with van der Waals surface area (Å²) < 4.78 is 11.6. The topological polar surface area (TPSA) is 89.0 Å². The number of carbonyl (C=O) groups is 2. The summed E-state index contributed by atoms with van der Waals surface area (Å²) >= 11 is 0. The Morgan fingerprint density at radius 1 is 1.05 bits per heavy atom. The molecule has 38 heavy (non-hydrogen) atoms.